The van der Waals surface area contributed by atoms with E-state index in [4.69, 9.17) is 4.74 Å². The monoisotopic (exact) mass is 448 g/mol. The molecular weight excluding hydrogens is 412 g/mol. The van der Waals surface area contributed by atoms with Crippen LogP contribution in [0.3, 0.4) is 0 Å². The van der Waals surface area contributed by atoms with Crippen molar-refractivity contribution in [3.63, 3.8) is 0 Å². The van der Waals surface area contributed by atoms with Gasteiger partial charge in [0.05, 0.1) is 0 Å². The van der Waals surface area contributed by atoms with Crippen LogP contribution < -0.4 is 4.74 Å². The van der Waals surface area contributed by atoms with E-state index in [0.29, 0.717) is 5.39 Å². The number of phenols is 2. The number of hydrogen-bond acceptors (Lipinski definition) is 4. The van der Waals surface area contributed by atoms with Gasteiger partial charge in [-0.2, -0.15) is 0 Å². The van der Waals surface area contributed by atoms with Crippen LogP contribution in [0.2, 0.25) is 0 Å². The molecule has 4 nitrogen and oxygen atoms in total. The predicted molar refractivity (Wildman–Crippen MR) is 134 cm³/mol. The van der Waals surface area contributed by atoms with E-state index in [1.54, 1.807) is 24.3 Å². The number of aromatic hydroxyl groups is 2. The molecular formula is C29H36O4. The van der Waals surface area contributed by atoms with Crippen LogP contribution in [0.1, 0.15) is 87.1 Å². The van der Waals surface area contributed by atoms with Gasteiger partial charge < -0.3 is 14.9 Å². The maximum Gasteiger partial charge on any atom is 0.348 e. The average Bonchev–Trinajstić information content (AvgIpc) is 2.82. The number of aryl methyl sites for hydroxylation is 1. The molecule has 0 unspecified atom stereocenters. The minimum absolute atomic E-state index is 0.00139. The second-order valence-electron chi connectivity index (χ2n) is 8.77. The number of para-hydroxylation sites is 1. The zero-order valence-electron chi connectivity index (χ0n) is 19.7. The Labute approximate surface area is 197 Å². The van der Waals surface area contributed by atoms with Crippen LogP contribution in [-0.4, -0.2) is 16.2 Å². The number of ether oxygens (including phenoxy) is 1. The topological polar surface area (TPSA) is 66.8 Å². The Bertz CT molecular complexity index is 1040. The van der Waals surface area contributed by atoms with E-state index in [0.717, 1.165) is 30.2 Å². The zero-order chi connectivity index (χ0) is 23.5. The van der Waals surface area contributed by atoms with Crippen LogP contribution in [0.25, 0.3) is 10.8 Å². The van der Waals surface area contributed by atoms with Crippen molar-refractivity contribution in [2.45, 2.75) is 77.6 Å². The first-order chi connectivity index (χ1) is 16.1. The van der Waals surface area contributed by atoms with Gasteiger partial charge in [0.2, 0.25) is 0 Å². The number of fused-ring (bicyclic) bond motifs is 1. The van der Waals surface area contributed by atoms with E-state index in [-0.39, 0.29) is 22.8 Å². The second-order valence-corrected chi connectivity index (χ2v) is 8.77. The van der Waals surface area contributed by atoms with Gasteiger partial charge in [0.25, 0.3) is 0 Å². The molecule has 0 spiro atoms. The molecule has 0 aliphatic carbocycles. The standard InChI is InChI=1S/C29H36O4/c1-2-3-4-5-6-7-8-9-10-11-16-23-17-14-19-26(28(23)31)33-29(32)27-24-18-13-12-15-22(24)20-21-25(27)30/h12-15,17-21,30-31H,2-11,16H2,1H3. The van der Waals surface area contributed by atoms with Crippen LogP contribution in [-0.2, 0) is 6.42 Å². The highest BCUT2D eigenvalue weighted by molar-refractivity contribution is 6.07. The highest BCUT2D eigenvalue weighted by atomic mass is 16.5. The molecule has 0 atom stereocenters. The summed E-state index contributed by atoms with van der Waals surface area (Å²) in [6.07, 6.45) is 13.3. The van der Waals surface area contributed by atoms with Crippen molar-refractivity contribution in [3.8, 4) is 17.2 Å². The maximum atomic E-state index is 12.9. The summed E-state index contributed by atoms with van der Waals surface area (Å²) in [6.45, 7) is 2.24. The van der Waals surface area contributed by atoms with Crippen molar-refractivity contribution in [2.75, 3.05) is 0 Å². The molecule has 0 amide bonds. The molecule has 0 heterocycles. The molecule has 2 N–H and O–H groups in total. The lowest BCUT2D eigenvalue weighted by Crippen LogP contribution is -2.10. The van der Waals surface area contributed by atoms with E-state index in [9.17, 15) is 15.0 Å². The predicted octanol–water partition coefficient (Wildman–Crippen LogP) is 7.93. The Kier molecular flexibility index (Phi) is 9.61. The zero-order valence-corrected chi connectivity index (χ0v) is 19.7. The van der Waals surface area contributed by atoms with E-state index in [1.165, 1.54) is 57.4 Å². The molecule has 4 heteroatoms. The molecule has 176 valence electrons. The lowest BCUT2D eigenvalue weighted by atomic mass is 10.0. The Morgan fingerprint density at radius 1 is 0.758 bits per heavy atom. The SMILES string of the molecule is CCCCCCCCCCCCc1cccc(OC(=O)c2c(O)ccc3ccccc23)c1O. The fourth-order valence-corrected chi connectivity index (χ4v) is 4.28. The molecule has 0 saturated carbocycles. The highest BCUT2D eigenvalue weighted by Crippen LogP contribution is 2.34. The van der Waals surface area contributed by atoms with Gasteiger partial charge in [0, 0.05) is 0 Å². The normalized spacial score (nSPS) is 11.1. The van der Waals surface area contributed by atoms with Crippen LogP contribution in [0, 0.1) is 0 Å². The number of hydrogen-bond donors (Lipinski definition) is 2. The van der Waals surface area contributed by atoms with E-state index in [2.05, 4.69) is 6.92 Å². The molecule has 0 bridgehead atoms. The first-order valence-corrected chi connectivity index (χ1v) is 12.4. The number of benzene rings is 3. The second kappa shape index (κ2) is 12.9. The van der Waals surface area contributed by atoms with E-state index < -0.39 is 5.97 Å². The fourth-order valence-electron chi connectivity index (χ4n) is 4.28. The lowest BCUT2D eigenvalue weighted by molar-refractivity contribution is 0.0728. The maximum absolute atomic E-state index is 12.9. The van der Waals surface area contributed by atoms with E-state index in [1.807, 2.05) is 24.3 Å². The summed E-state index contributed by atoms with van der Waals surface area (Å²) >= 11 is 0. The van der Waals surface area contributed by atoms with Crippen LogP contribution in [0.5, 0.6) is 17.2 Å². The molecule has 0 aliphatic rings. The molecule has 0 saturated heterocycles. The summed E-state index contributed by atoms with van der Waals surface area (Å²) in [7, 11) is 0. The quantitative estimate of drug-likeness (QED) is 0.158. The molecule has 0 radical (unpaired) electrons. The fraction of sp³-hybridized carbons (Fsp3) is 0.414. The largest absolute Gasteiger partial charge is 0.507 e. The summed E-state index contributed by atoms with van der Waals surface area (Å²) in [5, 5.41) is 22.4. The molecule has 3 aromatic rings. The van der Waals surface area contributed by atoms with Gasteiger partial charge in [-0.05, 0) is 41.3 Å². The van der Waals surface area contributed by atoms with Gasteiger partial charge in [-0.3, -0.25) is 0 Å². The third-order valence-electron chi connectivity index (χ3n) is 6.20. The molecule has 3 rings (SSSR count). The lowest BCUT2D eigenvalue weighted by Gasteiger charge is -2.12. The Morgan fingerprint density at radius 3 is 2.15 bits per heavy atom. The molecule has 33 heavy (non-hydrogen) atoms. The van der Waals surface area contributed by atoms with E-state index >= 15 is 0 Å². The van der Waals surface area contributed by atoms with Gasteiger partial charge >= 0.3 is 5.97 Å². The molecule has 0 fully saturated rings. The number of carbonyl (C=O) groups excluding carboxylic acids is 1. The van der Waals surface area contributed by atoms with Crippen LogP contribution in [0.4, 0.5) is 0 Å². The number of esters is 1. The van der Waals surface area contributed by atoms with Gasteiger partial charge in [-0.1, -0.05) is 107 Å². The first kappa shape index (κ1) is 24.6. The third kappa shape index (κ3) is 6.98. The van der Waals surface area contributed by atoms with Crippen LogP contribution >= 0.6 is 0 Å². The summed E-state index contributed by atoms with van der Waals surface area (Å²) in [4.78, 5) is 12.9. The van der Waals surface area contributed by atoms with Crippen molar-refractivity contribution < 1.29 is 19.7 Å². The summed E-state index contributed by atoms with van der Waals surface area (Å²) in [5.41, 5.74) is 0.884. The van der Waals surface area contributed by atoms with Gasteiger partial charge in [0.15, 0.2) is 11.5 Å². The summed E-state index contributed by atoms with van der Waals surface area (Å²) < 4.78 is 5.51. The Hall–Kier alpha value is -3.01. The Morgan fingerprint density at radius 2 is 1.42 bits per heavy atom. The van der Waals surface area contributed by atoms with Gasteiger partial charge in [0.1, 0.15) is 11.3 Å². The molecule has 0 aliphatic heterocycles. The highest BCUT2D eigenvalue weighted by Gasteiger charge is 2.19. The number of rotatable bonds is 13. The molecule has 0 aromatic heterocycles. The molecule has 3 aromatic carbocycles. The van der Waals surface area contributed by atoms with Crippen molar-refractivity contribution in [3.05, 3.63) is 65.7 Å². The van der Waals surface area contributed by atoms with Crippen molar-refractivity contribution >= 4 is 16.7 Å². The summed E-state index contributed by atoms with van der Waals surface area (Å²) in [5.74, 6) is -0.700. The smallest absolute Gasteiger partial charge is 0.348 e. The first-order valence-electron chi connectivity index (χ1n) is 12.4. The third-order valence-corrected chi connectivity index (χ3v) is 6.20. The van der Waals surface area contributed by atoms with Gasteiger partial charge in [-0.25, -0.2) is 4.79 Å². The van der Waals surface area contributed by atoms with Crippen molar-refractivity contribution in [1.29, 1.82) is 0 Å². The van der Waals surface area contributed by atoms with Crippen molar-refractivity contribution in [2.24, 2.45) is 0 Å². The van der Waals surface area contributed by atoms with Gasteiger partial charge in [-0.15, -0.1) is 0 Å². The number of carbonyl (C=O) groups is 1. The van der Waals surface area contributed by atoms with Crippen molar-refractivity contribution in [1.82, 2.24) is 0 Å². The Balaban J connectivity index is 1.52. The number of unbranched alkanes of at least 4 members (excludes halogenated alkanes) is 9. The minimum atomic E-state index is -0.685. The minimum Gasteiger partial charge on any atom is -0.507 e. The van der Waals surface area contributed by atoms with Crippen LogP contribution in [0.15, 0.2) is 54.6 Å². The summed E-state index contributed by atoms with van der Waals surface area (Å²) in [6, 6.07) is 15.8. The number of phenolic OH excluding ortho intramolecular Hbond substituents is 2. The average molecular weight is 449 g/mol.